The van der Waals surface area contributed by atoms with E-state index in [1.807, 2.05) is 0 Å². The highest BCUT2D eigenvalue weighted by Gasteiger charge is 2.25. The Morgan fingerprint density at radius 1 is 0.596 bits per heavy atom. The molecule has 0 rings (SSSR count). The van der Waals surface area contributed by atoms with Gasteiger partial charge in [0.2, 0.25) is 0 Å². The van der Waals surface area contributed by atoms with Gasteiger partial charge in [-0.2, -0.15) is 0 Å². The van der Waals surface area contributed by atoms with Crippen molar-refractivity contribution in [2.45, 2.75) is 187 Å². The SMILES string of the molecule is CC/C=C\C/C=C\C/C=C\C/C=C\CCCCCOCC(COP(=O)(O)OCCN)OC(=O)CCCCCCCCCCCCCCCCCCC. The largest absolute Gasteiger partial charge is 0.472 e. The Hall–Kier alpha value is -1.54. The van der Waals surface area contributed by atoms with E-state index in [1.165, 1.54) is 89.9 Å². The van der Waals surface area contributed by atoms with E-state index in [4.69, 9.17) is 24.3 Å². The van der Waals surface area contributed by atoms with Gasteiger partial charge in [0.25, 0.3) is 0 Å². The Morgan fingerprint density at radius 2 is 1.08 bits per heavy atom. The first-order valence-corrected chi connectivity index (χ1v) is 22.6. The Morgan fingerprint density at radius 3 is 1.60 bits per heavy atom. The van der Waals surface area contributed by atoms with Gasteiger partial charge in [0.1, 0.15) is 6.10 Å². The fourth-order valence-electron chi connectivity index (χ4n) is 5.69. The van der Waals surface area contributed by atoms with Crippen molar-refractivity contribution in [2.75, 3.05) is 33.0 Å². The molecule has 8 nitrogen and oxygen atoms in total. The Balaban J connectivity index is 4.08. The number of carbonyl (C=O) groups excluding carboxylic acids is 1. The zero-order valence-electron chi connectivity index (χ0n) is 33.5. The monoisotopic (exact) mass is 754 g/mol. The summed E-state index contributed by atoms with van der Waals surface area (Å²) in [5.41, 5.74) is 5.36. The minimum absolute atomic E-state index is 0.0943. The normalized spacial score (nSPS) is 14.0. The van der Waals surface area contributed by atoms with E-state index in [9.17, 15) is 14.3 Å². The van der Waals surface area contributed by atoms with Crippen LogP contribution in [0.5, 0.6) is 0 Å². The second-order valence-corrected chi connectivity index (χ2v) is 15.3. The van der Waals surface area contributed by atoms with Crippen LogP contribution < -0.4 is 5.73 Å². The van der Waals surface area contributed by atoms with E-state index in [1.54, 1.807) is 0 Å². The lowest BCUT2D eigenvalue weighted by atomic mass is 10.0. The standard InChI is InChI=1S/C43H80NO7P/c1-3-5-7-9-11-13-15-17-19-21-22-24-26-28-30-32-34-36-43(45)51-42(41-50-52(46,47)49-39-37-44)40-48-38-35-33-31-29-27-25-23-20-18-16-14-12-10-8-6-4-2/h6,8,12,14,18,20,25,27,42H,3-5,7,9-11,13,15-17,19,21-24,26,28-41,44H2,1-2H3,(H,46,47)/b8-6-,14-12-,20-18-,27-25-. The number of phosphoric ester groups is 1. The number of allylic oxidation sites excluding steroid dienone is 8. The van der Waals surface area contributed by atoms with Gasteiger partial charge >= 0.3 is 13.8 Å². The highest BCUT2D eigenvalue weighted by atomic mass is 31.2. The molecule has 0 aliphatic rings. The van der Waals surface area contributed by atoms with Crippen molar-refractivity contribution in [1.82, 2.24) is 0 Å². The molecule has 0 saturated heterocycles. The van der Waals surface area contributed by atoms with Gasteiger partial charge in [0.15, 0.2) is 0 Å². The van der Waals surface area contributed by atoms with Crippen molar-refractivity contribution in [3.05, 3.63) is 48.6 Å². The number of rotatable bonds is 40. The van der Waals surface area contributed by atoms with Crippen LogP contribution in [0.2, 0.25) is 0 Å². The van der Waals surface area contributed by atoms with Crippen LogP contribution in [0.1, 0.15) is 181 Å². The Labute approximate surface area is 320 Å². The van der Waals surface area contributed by atoms with E-state index in [0.717, 1.165) is 70.6 Å². The highest BCUT2D eigenvalue weighted by Crippen LogP contribution is 2.43. The lowest BCUT2D eigenvalue weighted by Crippen LogP contribution is -2.28. The van der Waals surface area contributed by atoms with Crippen molar-refractivity contribution in [2.24, 2.45) is 5.73 Å². The predicted octanol–water partition coefficient (Wildman–Crippen LogP) is 12.4. The number of hydrogen-bond donors (Lipinski definition) is 2. The zero-order chi connectivity index (χ0) is 38.1. The zero-order valence-corrected chi connectivity index (χ0v) is 34.4. The number of carbonyl (C=O) groups is 1. The highest BCUT2D eigenvalue weighted by molar-refractivity contribution is 7.47. The maximum atomic E-state index is 12.6. The molecule has 304 valence electrons. The second-order valence-electron chi connectivity index (χ2n) is 13.8. The average molecular weight is 754 g/mol. The third-order valence-electron chi connectivity index (χ3n) is 8.76. The summed E-state index contributed by atoms with van der Waals surface area (Å²) in [7, 11) is -4.28. The first-order valence-electron chi connectivity index (χ1n) is 21.1. The summed E-state index contributed by atoms with van der Waals surface area (Å²) in [6.07, 6.45) is 47.0. The van der Waals surface area contributed by atoms with E-state index in [2.05, 4.69) is 62.5 Å². The number of unbranched alkanes of at least 4 members (excludes halogenated alkanes) is 19. The van der Waals surface area contributed by atoms with Crippen LogP contribution in [0.25, 0.3) is 0 Å². The number of nitrogens with two attached hydrogens (primary N) is 1. The molecular formula is C43H80NO7P. The van der Waals surface area contributed by atoms with E-state index >= 15 is 0 Å². The molecule has 0 radical (unpaired) electrons. The summed E-state index contributed by atoms with van der Waals surface area (Å²) in [5, 5.41) is 0. The van der Waals surface area contributed by atoms with Gasteiger partial charge in [-0.05, 0) is 51.4 Å². The van der Waals surface area contributed by atoms with Gasteiger partial charge in [0, 0.05) is 19.6 Å². The van der Waals surface area contributed by atoms with Crippen LogP contribution in [0, 0.1) is 0 Å². The molecule has 0 aromatic carbocycles. The van der Waals surface area contributed by atoms with Crippen LogP contribution in [-0.2, 0) is 27.9 Å². The number of hydrogen-bond acceptors (Lipinski definition) is 7. The van der Waals surface area contributed by atoms with Crippen molar-refractivity contribution in [1.29, 1.82) is 0 Å². The molecule has 0 aliphatic carbocycles. The minimum Gasteiger partial charge on any atom is -0.457 e. The van der Waals surface area contributed by atoms with Crippen molar-refractivity contribution in [3.63, 3.8) is 0 Å². The molecule has 2 unspecified atom stereocenters. The first kappa shape index (κ1) is 50.5. The summed E-state index contributed by atoms with van der Waals surface area (Å²) in [6, 6.07) is 0. The summed E-state index contributed by atoms with van der Waals surface area (Å²) >= 11 is 0. The van der Waals surface area contributed by atoms with Crippen LogP contribution in [0.3, 0.4) is 0 Å². The summed E-state index contributed by atoms with van der Waals surface area (Å²) < 4.78 is 33.4. The Kier molecular flexibility index (Phi) is 39.4. The molecule has 0 fully saturated rings. The van der Waals surface area contributed by atoms with E-state index in [-0.39, 0.29) is 32.3 Å². The van der Waals surface area contributed by atoms with Crippen LogP contribution in [-0.4, -0.2) is 49.9 Å². The van der Waals surface area contributed by atoms with Crippen LogP contribution >= 0.6 is 7.82 Å². The third kappa shape index (κ3) is 39.7. The van der Waals surface area contributed by atoms with Crippen molar-refractivity contribution >= 4 is 13.8 Å². The molecule has 0 spiro atoms. The van der Waals surface area contributed by atoms with Gasteiger partial charge in [-0.1, -0.05) is 172 Å². The topological polar surface area (TPSA) is 117 Å². The fraction of sp³-hybridized carbons (Fsp3) is 0.791. The maximum absolute atomic E-state index is 12.6. The number of esters is 1. The van der Waals surface area contributed by atoms with E-state index < -0.39 is 13.9 Å². The predicted molar refractivity (Wildman–Crippen MR) is 219 cm³/mol. The molecule has 0 heterocycles. The second kappa shape index (κ2) is 40.6. The first-order chi connectivity index (χ1) is 25.4. The van der Waals surface area contributed by atoms with Crippen molar-refractivity contribution in [3.8, 4) is 0 Å². The molecule has 9 heteroatoms. The fourth-order valence-corrected chi connectivity index (χ4v) is 6.46. The smallest absolute Gasteiger partial charge is 0.457 e. The quantitative estimate of drug-likeness (QED) is 0.0275. The lowest BCUT2D eigenvalue weighted by Gasteiger charge is -2.20. The molecule has 0 amide bonds. The molecule has 0 aliphatic heterocycles. The Bertz CT molecular complexity index is 936. The lowest BCUT2D eigenvalue weighted by molar-refractivity contribution is -0.154. The average Bonchev–Trinajstić information content (AvgIpc) is 3.13. The molecule has 0 saturated carbocycles. The molecular weight excluding hydrogens is 673 g/mol. The van der Waals surface area contributed by atoms with Gasteiger partial charge in [-0.3, -0.25) is 13.8 Å². The van der Waals surface area contributed by atoms with Crippen LogP contribution in [0.15, 0.2) is 48.6 Å². The molecule has 0 bridgehead atoms. The van der Waals surface area contributed by atoms with Crippen LogP contribution in [0.4, 0.5) is 0 Å². The number of ether oxygens (including phenoxy) is 2. The summed E-state index contributed by atoms with van der Waals surface area (Å²) in [5.74, 6) is -0.341. The van der Waals surface area contributed by atoms with Gasteiger partial charge in [0.05, 0.1) is 19.8 Å². The van der Waals surface area contributed by atoms with E-state index in [0.29, 0.717) is 13.0 Å². The van der Waals surface area contributed by atoms with Gasteiger partial charge < -0.3 is 20.1 Å². The summed E-state index contributed by atoms with van der Waals surface area (Å²) in [4.78, 5) is 22.5. The molecule has 2 atom stereocenters. The molecule has 0 aromatic rings. The van der Waals surface area contributed by atoms with Gasteiger partial charge in [-0.15, -0.1) is 0 Å². The third-order valence-corrected chi connectivity index (χ3v) is 9.74. The molecule has 52 heavy (non-hydrogen) atoms. The minimum atomic E-state index is -4.28. The maximum Gasteiger partial charge on any atom is 0.472 e. The van der Waals surface area contributed by atoms with Crippen molar-refractivity contribution < 1.29 is 32.8 Å². The number of phosphoric acid groups is 1. The molecule has 3 N–H and O–H groups in total. The molecule has 0 aromatic heterocycles. The van der Waals surface area contributed by atoms with Gasteiger partial charge in [-0.25, -0.2) is 4.57 Å². The summed E-state index contributed by atoms with van der Waals surface area (Å²) in [6.45, 7) is 4.74.